The van der Waals surface area contributed by atoms with Crippen molar-refractivity contribution >= 4 is 40.8 Å². The van der Waals surface area contributed by atoms with Crippen molar-refractivity contribution in [3.8, 4) is 0 Å². The third-order valence-corrected chi connectivity index (χ3v) is 4.14. The summed E-state index contributed by atoms with van der Waals surface area (Å²) in [4.78, 5) is 9.04. The van der Waals surface area contributed by atoms with E-state index in [2.05, 4.69) is 26.7 Å². The van der Waals surface area contributed by atoms with Crippen LogP contribution in [0.25, 0.3) is 10.9 Å². The molecule has 0 fully saturated rings. The van der Waals surface area contributed by atoms with Crippen LogP contribution in [0.1, 0.15) is 18.1 Å². The number of para-hydroxylation sites is 1. The number of aliphatic imine (C=N–C) groups is 1. The second-order valence-corrected chi connectivity index (χ2v) is 5.95. The van der Waals surface area contributed by atoms with Gasteiger partial charge in [-0.25, -0.2) is 9.38 Å². The van der Waals surface area contributed by atoms with E-state index in [1.165, 1.54) is 6.07 Å². The summed E-state index contributed by atoms with van der Waals surface area (Å²) in [7, 11) is 0. The van der Waals surface area contributed by atoms with E-state index in [1.54, 1.807) is 6.07 Å². The SMILES string of the molecule is CCNC(=NCc1ccnc2ccccc12)NCCc1ccccc1F.I. The fourth-order valence-electron chi connectivity index (χ4n) is 2.82. The van der Waals surface area contributed by atoms with E-state index in [0.717, 1.165) is 29.0 Å². The van der Waals surface area contributed by atoms with Crippen molar-refractivity contribution in [2.75, 3.05) is 13.1 Å². The molecule has 0 atom stereocenters. The Balaban J connectivity index is 0.00000261. The Bertz CT molecular complexity index is 893. The van der Waals surface area contributed by atoms with Gasteiger partial charge in [-0.15, -0.1) is 24.0 Å². The van der Waals surface area contributed by atoms with Gasteiger partial charge in [0.2, 0.25) is 0 Å². The van der Waals surface area contributed by atoms with Crippen LogP contribution in [-0.2, 0) is 13.0 Å². The Labute approximate surface area is 176 Å². The molecule has 1 aromatic heterocycles. The minimum atomic E-state index is -0.167. The van der Waals surface area contributed by atoms with Crippen molar-refractivity contribution < 1.29 is 4.39 Å². The van der Waals surface area contributed by atoms with E-state index in [1.807, 2.05) is 49.5 Å². The largest absolute Gasteiger partial charge is 0.357 e. The van der Waals surface area contributed by atoms with Crippen LogP contribution in [0.4, 0.5) is 4.39 Å². The van der Waals surface area contributed by atoms with Gasteiger partial charge in [0.05, 0.1) is 12.1 Å². The Kier molecular flexibility index (Phi) is 8.44. The molecule has 0 unspecified atom stereocenters. The van der Waals surface area contributed by atoms with E-state index in [4.69, 9.17) is 0 Å². The topological polar surface area (TPSA) is 49.3 Å². The maximum absolute atomic E-state index is 13.7. The second kappa shape index (κ2) is 10.8. The number of hydrogen-bond donors (Lipinski definition) is 2. The minimum Gasteiger partial charge on any atom is -0.357 e. The second-order valence-electron chi connectivity index (χ2n) is 5.95. The predicted octanol–water partition coefficient (Wildman–Crippen LogP) is 4.29. The highest BCUT2D eigenvalue weighted by Gasteiger charge is 2.04. The van der Waals surface area contributed by atoms with Crippen LogP contribution in [-0.4, -0.2) is 24.0 Å². The maximum Gasteiger partial charge on any atom is 0.191 e. The zero-order valence-corrected chi connectivity index (χ0v) is 17.6. The summed E-state index contributed by atoms with van der Waals surface area (Å²) in [6, 6.07) is 16.9. The molecule has 0 aliphatic carbocycles. The third-order valence-electron chi connectivity index (χ3n) is 4.14. The maximum atomic E-state index is 13.7. The summed E-state index contributed by atoms with van der Waals surface area (Å²) >= 11 is 0. The molecule has 3 rings (SSSR count). The van der Waals surface area contributed by atoms with Gasteiger partial charge in [-0.3, -0.25) is 4.98 Å². The lowest BCUT2D eigenvalue weighted by Gasteiger charge is -2.12. The highest BCUT2D eigenvalue weighted by molar-refractivity contribution is 14.0. The van der Waals surface area contributed by atoms with Gasteiger partial charge in [-0.1, -0.05) is 36.4 Å². The zero-order valence-electron chi connectivity index (χ0n) is 15.3. The summed E-state index contributed by atoms with van der Waals surface area (Å²) in [6.07, 6.45) is 2.42. The van der Waals surface area contributed by atoms with Gasteiger partial charge >= 0.3 is 0 Å². The van der Waals surface area contributed by atoms with Crippen LogP contribution in [0.15, 0.2) is 65.8 Å². The minimum absolute atomic E-state index is 0. The molecule has 2 N–H and O–H groups in total. The predicted molar refractivity (Wildman–Crippen MR) is 120 cm³/mol. The molecule has 3 aromatic rings. The number of hydrogen-bond acceptors (Lipinski definition) is 2. The van der Waals surface area contributed by atoms with Crippen molar-refractivity contribution in [2.24, 2.45) is 4.99 Å². The van der Waals surface area contributed by atoms with Gasteiger partial charge in [0.25, 0.3) is 0 Å². The molecular formula is C21H24FIN4. The number of halogens is 2. The number of nitrogens with one attached hydrogen (secondary N) is 2. The van der Waals surface area contributed by atoms with Crippen molar-refractivity contribution in [3.63, 3.8) is 0 Å². The molecule has 142 valence electrons. The molecule has 0 amide bonds. The van der Waals surface area contributed by atoms with Gasteiger partial charge < -0.3 is 10.6 Å². The first-order chi connectivity index (χ1) is 12.8. The van der Waals surface area contributed by atoms with Crippen molar-refractivity contribution in [1.29, 1.82) is 0 Å². The van der Waals surface area contributed by atoms with Crippen LogP contribution in [0.2, 0.25) is 0 Å². The van der Waals surface area contributed by atoms with Crippen molar-refractivity contribution in [3.05, 3.63) is 77.7 Å². The monoisotopic (exact) mass is 478 g/mol. The Hall–Kier alpha value is -2.22. The van der Waals surface area contributed by atoms with Gasteiger partial charge in [-0.05, 0) is 42.7 Å². The van der Waals surface area contributed by atoms with Gasteiger partial charge in [0.1, 0.15) is 5.82 Å². The molecule has 1 heterocycles. The first kappa shape index (κ1) is 21.1. The summed E-state index contributed by atoms with van der Waals surface area (Å²) in [5, 5.41) is 7.61. The molecule has 0 spiro atoms. The van der Waals surface area contributed by atoms with E-state index >= 15 is 0 Å². The Morgan fingerprint density at radius 2 is 1.78 bits per heavy atom. The quantitative estimate of drug-likeness (QED) is 0.316. The zero-order chi connectivity index (χ0) is 18.2. The van der Waals surface area contributed by atoms with E-state index < -0.39 is 0 Å². The fraction of sp³-hybridized carbons (Fsp3) is 0.238. The van der Waals surface area contributed by atoms with Crippen LogP contribution in [0, 0.1) is 5.82 Å². The highest BCUT2D eigenvalue weighted by atomic mass is 127. The number of aromatic nitrogens is 1. The fourth-order valence-corrected chi connectivity index (χ4v) is 2.82. The van der Waals surface area contributed by atoms with Gasteiger partial charge in [0, 0.05) is 24.7 Å². The number of rotatable bonds is 6. The molecule has 4 nitrogen and oxygen atoms in total. The Morgan fingerprint density at radius 1 is 1.00 bits per heavy atom. The van der Waals surface area contributed by atoms with Gasteiger partial charge in [-0.2, -0.15) is 0 Å². The Morgan fingerprint density at radius 3 is 2.59 bits per heavy atom. The summed E-state index contributed by atoms with van der Waals surface area (Å²) in [5.74, 6) is 0.559. The lowest BCUT2D eigenvalue weighted by molar-refractivity contribution is 0.606. The van der Waals surface area contributed by atoms with Crippen LogP contribution >= 0.6 is 24.0 Å². The molecule has 6 heteroatoms. The lowest BCUT2D eigenvalue weighted by Crippen LogP contribution is -2.38. The molecule has 0 aliphatic rings. The average molecular weight is 478 g/mol. The standard InChI is InChI=1S/C21H23FN4.HI/c1-2-23-21(25-14-11-16-7-3-5-9-19(16)22)26-15-17-12-13-24-20-10-6-4-8-18(17)20;/h3-10,12-13H,2,11,14-15H2,1H3,(H2,23,25,26);1H. The molecule has 2 aromatic carbocycles. The first-order valence-corrected chi connectivity index (χ1v) is 8.86. The van der Waals surface area contributed by atoms with Crippen LogP contribution in [0.3, 0.4) is 0 Å². The highest BCUT2D eigenvalue weighted by Crippen LogP contribution is 2.16. The van der Waals surface area contributed by atoms with E-state index in [-0.39, 0.29) is 29.8 Å². The molecule has 27 heavy (non-hydrogen) atoms. The van der Waals surface area contributed by atoms with Crippen LogP contribution in [0.5, 0.6) is 0 Å². The number of guanidine groups is 1. The number of pyridine rings is 1. The lowest BCUT2D eigenvalue weighted by atomic mass is 10.1. The van der Waals surface area contributed by atoms with Gasteiger partial charge in [0.15, 0.2) is 5.96 Å². The molecule has 0 saturated heterocycles. The third kappa shape index (κ3) is 5.89. The molecule has 0 aliphatic heterocycles. The summed E-state index contributed by atoms with van der Waals surface area (Å²) in [5.41, 5.74) is 2.80. The molecule has 0 bridgehead atoms. The van der Waals surface area contributed by atoms with E-state index in [9.17, 15) is 4.39 Å². The summed E-state index contributed by atoms with van der Waals surface area (Å²) < 4.78 is 13.7. The smallest absolute Gasteiger partial charge is 0.191 e. The molecule has 0 radical (unpaired) electrons. The summed E-state index contributed by atoms with van der Waals surface area (Å²) in [6.45, 7) is 3.96. The molecular weight excluding hydrogens is 454 g/mol. The average Bonchev–Trinajstić information content (AvgIpc) is 2.67. The van der Waals surface area contributed by atoms with Crippen molar-refractivity contribution in [2.45, 2.75) is 19.9 Å². The number of fused-ring (bicyclic) bond motifs is 1. The van der Waals surface area contributed by atoms with Crippen molar-refractivity contribution in [1.82, 2.24) is 15.6 Å². The first-order valence-electron chi connectivity index (χ1n) is 8.86. The normalized spacial score (nSPS) is 11.1. The molecule has 0 saturated carbocycles. The number of nitrogens with zero attached hydrogens (tertiary/aromatic N) is 2. The number of benzene rings is 2. The van der Waals surface area contributed by atoms with E-state index in [0.29, 0.717) is 25.1 Å². The van der Waals surface area contributed by atoms with Crippen LogP contribution < -0.4 is 10.6 Å².